The van der Waals surface area contributed by atoms with E-state index in [1.54, 1.807) is 6.07 Å². The summed E-state index contributed by atoms with van der Waals surface area (Å²) in [5, 5.41) is 20.2. The molecule has 2 aromatic rings. The molecule has 2 aromatic carbocycles. The number of hydrogen-bond acceptors (Lipinski definition) is 6. The van der Waals surface area contributed by atoms with Crippen LogP contribution in [-0.2, 0) is 4.74 Å². The van der Waals surface area contributed by atoms with Crippen LogP contribution < -0.4 is 4.90 Å². The lowest BCUT2D eigenvalue weighted by Gasteiger charge is -2.36. The number of carbonyl (C=O) groups is 1. The van der Waals surface area contributed by atoms with Crippen molar-refractivity contribution in [3.63, 3.8) is 0 Å². The third-order valence-corrected chi connectivity index (χ3v) is 5.26. The summed E-state index contributed by atoms with van der Waals surface area (Å²) >= 11 is 0. The van der Waals surface area contributed by atoms with E-state index in [1.165, 1.54) is 24.9 Å². The van der Waals surface area contributed by atoms with Gasteiger partial charge < -0.3 is 19.8 Å². The molecule has 1 heterocycles. The molecule has 0 amide bonds. The van der Waals surface area contributed by atoms with Crippen LogP contribution in [0, 0.1) is 0 Å². The van der Waals surface area contributed by atoms with Crippen LogP contribution in [0.5, 0.6) is 5.75 Å². The minimum Gasteiger partial charge on any atom is -0.507 e. The molecule has 1 saturated heterocycles. The molecule has 1 fully saturated rings. The van der Waals surface area contributed by atoms with Gasteiger partial charge in [0.2, 0.25) is 0 Å². The first-order valence-corrected chi connectivity index (χ1v) is 9.70. The maximum atomic E-state index is 11.7. The van der Waals surface area contributed by atoms with Crippen molar-refractivity contribution < 1.29 is 19.7 Å². The van der Waals surface area contributed by atoms with Gasteiger partial charge >= 0.3 is 5.97 Å². The smallest absolute Gasteiger partial charge is 0.341 e. The number of aliphatic hydroxyl groups excluding tert-OH is 1. The van der Waals surface area contributed by atoms with Crippen molar-refractivity contribution in [2.45, 2.75) is 18.9 Å². The largest absolute Gasteiger partial charge is 0.507 e. The number of benzene rings is 2. The Morgan fingerprint density at radius 1 is 1.11 bits per heavy atom. The Morgan fingerprint density at radius 3 is 2.50 bits per heavy atom. The second-order valence-corrected chi connectivity index (χ2v) is 7.09. The number of rotatable bonds is 7. The maximum absolute atomic E-state index is 11.7. The van der Waals surface area contributed by atoms with Gasteiger partial charge in [-0.3, -0.25) is 4.90 Å². The molecule has 1 unspecified atom stereocenters. The summed E-state index contributed by atoms with van der Waals surface area (Å²) in [5.74, 6) is -0.748. The molecule has 6 heteroatoms. The van der Waals surface area contributed by atoms with Crippen LogP contribution >= 0.6 is 0 Å². The Balaban J connectivity index is 1.45. The topological polar surface area (TPSA) is 73.2 Å². The van der Waals surface area contributed by atoms with Crippen molar-refractivity contribution in [2.24, 2.45) is 0 Å². The fraction of sp³-hybridized carbons (Fsp3) is 0.409. The van der Waals surface area contributed by atoms with Crippen LogP contribution in [0.25, 0.3) is 0 Å². The van der Waals surface area contributed by atoms with Crippen LogP contribution in [0.1, 0.15) is 34.9 Å². The van der Waals surface area contributed by atoms with Gasteiger partial charge in [0.25, 0.3) is 0 Å². The number of nitrogens with zero attached hydrogens (tertiary/aromatic N) is 2. The van der Waals surface area contributed by atoms with Crippen molar-refractivity contribution in [1.82, 2.24) is 4.90 Å². The lowest BCUT2D eigenvalue weighted by molar-refractivity contribution is 0.0597. The zero-order chi connectivity index (χ0) is 19.9. The molecule has 0 radical (unpaired) electrons. The molecule has 1 aliphatic heterocycles. The quantitative estimate of drug-likeness (QED) is 0.715. The van der Waals surface area contributed by atoms with E-state index in [9.17, 15) is 15.0 Å². The lowest BCUT2D eigenvalue weighted by Crippen LogP contribution is -2.46. The zero-order valence-electron chi connectivity index (χ0n) is 16.3. The summed E-state index contributed by atoms with van der Waals surface area (Å²) in [7, 11) is 1.27. The van der Waals surface area contributed by atoms with Crippen molar-refractivity contribution >= 4 is 11.7 Å². The van der Waals surface area contributed by atoms with E-state index >= 15 is 0 Å². The Kier molecular flexibility index (Phi) is 6.90. The summed E-state index contributed by atoms with van der Waals surface area (Å²) in [6.45, 7) is 4.97. The highest BCUT2D eigenvalue weighted by molar-refractivity contribution is 5.92. The number of phenols is 1. The molecule has 0 aromatic heterocycles. The second-order valence-electron chi connectivity index (χ2n) is 7.09. The van der Waals surface area contributed by atoms with Gasteiger partial charge in [-0.05, 0) is 49.2 Å². The van der Waals surface area contributed by atoms with Gasteiger partial charge in [0.1, 0.15) is 11.3 Å². The highest BCUT2D eigenvalue weighted by Gasteiger charge is 2.18. The fourth-order valence-electron chi connectivity index (χ4n) is 3.58. The standard InChI is InChI=1S/C22H28N2O4/c1-28-22(27)19-16-17(9-10-21(19)26)20(25)8-5-11-23-12-14-24(15-13-23)18-6-3-2-4-7-18/h2-4,6-7,9-10,16,20,25-26H,5,8,11-15H2,1H3. The van der Waals surface area contributed by atoms with Crippen LogP contribution in [0.3, 0.4) is 0 Å². The number of aliphatic hydroxyl groups is 1. The van der Waals surface area contributed by atoms with Crippen molar-refractivity contribution in [1.29, 1.82) is 0 Å². The molecule has 0 spiro atoms. The first kappa shape index (κ1) is 20.2. The summed E-state index contributed by atoms with van der Waals surface area (Å²) in [6, 6.07) is 15.0. The maximum Gasteiger partial charge on any atom is 0.341 e. The molecule has 1 atom stereocenters. The number of phenolic OH excluding ortho intramolecular Hbond substituents is 1. The Labute approximate surface area is 166 Å². The first-order valence-electron chi connectivity index (χ1n) is 9.70. The van der Waals surface area contributed by atoms with Gasteiger partial charge in [-0.15, -0.1) is 0 Å². The number of hydrogen-bond donors (Lipinski definition) is 2. The van der Waals surface area contributed by atoms with Crippen molar-refractivity contribution in [3.05, 3.63) is 59.7 Å². The molecule has 1 aliphatic rings. The molecule has 3 rings (SSSR count). The normalized spacial score (nSPS) is 16.0. The second kappa shape index (κ2) is 9.57. The average Bonchev–Trinajstić information content (AvgIpc) is 2.74. The molecule has 0 saturated carbocycles. The monoisotopic (exact) mass is 384 g/mol. The SMILES string of the molecule is COC(=O)c1cc(C(O)CCCN2CCN(c3ccccc3)CC2)ccc1O. The molecule has 2 N–H and O–H groups in total. The summed E-state index contributed by atoms with van der Waals surface area (Å²) in [4.78, 5) is 16.5. The predicted molar refractivity (Wildman–Crippen MR) is 109 cm³/mol. The van der Waals surface area contributed by atoms with Gasteiger partial charge in [0.05, 0.1) is 13.2 Å². The fourth-order valence-corrected chi connectivity index (χ4v) is 3.58. The Morgan fingerprint density at radius 2 is 1.82 bits per heavy atom. The van der Waals surface area contributed by atoms with Gasteiger partial charge in [0, 0.05) is 31.9 Å². The molecular formula is C22H28N2O4. The highest BCUT2D eigenvalue weighted by Crippen LogP contribution is 2.25. The molecule has 150 valence electrons. The van der Waals surface area contributed by atoms with Gasteiger partial charge in [-0.1, -0.05) is 24.3 Å². The number of esters is 1. The Hall–Kier alpha value is -2.57. The number of ether oxygens (including phenoxy) is 1. The zero-order valence-corrected chi connectivity index (χ0v) is 16.3. The summed E-state index contributed by atoms with van der Waals surface area (Å²) in [6.07, 6.45) is 0.792. The van der Waals surface area contributed by atoms with Crippen LogP contribution in [-0.4, -0.2) is 60.9 Å². The van der Waals surface area contributed by atoms with Crippen LogP contribution in [0.4, 0.5) is 5.69 Å². The predicted octanol–water partition coefficient (Wildman–Crippen LogP) is 2.81. The minimum absolute atomic E-state index is 0.0797. The first-order chi connectivity index (χ1) is 13.6. The summed E-state index contributed by atoms with van der Waals surface area (Å²) < 4.78 is 4.66. The number of piperazine rings is 1. The van der Waals surface area contributed by atoms with E-state index in [1.807, 2.05) is 6.07 Å². The molecular weight excluding hydrogens is 356 g/mol. The van der Waals surface area contributed by atoms with E-state index < -0.39 is 12.1 Å². The summed E-state index contributed by atoms with van der Waals surface area (Å²) in [5.41, 5.74) is 1.97. The number of anilines is 1. The molecule has 0 aliphatic carbocycles. The van der Waals surface area contributed by atoms with Crippen molar-refractivity contribution in [3.8, 4) is 5.75 Å². The van der Waals surface area contributed by atoms with Crippen LogP contribution in [0.2, 0.25) is 0 Å². The average molecular weight is 384 g/mol. The van der Waals surface area contributed by atoms with E-state index in [2.05, 4.69) is 38.8 Å². The molecule has 6 nitrogen and oxygen atoms in total. The van der Waals surface area contributed by atoms with E-state index in [0.29, 0.717) is 12.0 Å². The van der Waals surface area contributed by atoms with Crippen LogP contribution in [0.15, 0.2) is 48.5 Å². The van der Waals surface area contributed by atoms with Crippen molar-refractivity contribution in [2.75, 3.05) is 44.7 Å². The van der Waals surface area contributed by atoms with E-state index in [4.69, 9.17) is 0 Å². The third kappa shape index (κ3) is 5.03. The third-order valence-electron chi connectivity index (χ3n) is 5.26. The highest BCUT2D eigenvalue weighted by atomic mass is 16.5. The minimum atomic E-state index is -0.672. The van der Waals surface area contributed by atoms with Gasteiger partial charge in [0.15, 0.2) is 0 Å². The number of aromatic hydroxyl groups is 1. The van der Waals surface area contributed by atoms with Gasteiger partial charge in [-0.25, -0.2) is 4.79 Å². The van der Waals surface area contributed by atoms with E-state index in [0.717, 1.165) is 39.1 Å². The molecule has 28 heavy (non-hydrogen) atoms. The van der Waals surface area contributed by atoms with E-state index in [-0.39, 0.29) is 11.3 Å². The molecule has 0 bridgehead atoms. The number of methoxy groups -OCH3 is 1. The van der Waals surface area contributed by atoms with Gasteiger partial charge in [-0.2, -0.15) is 0 Å². The number of para-hydroxylation sites is 1. The number of carbonyl (C=O) groups excluding carboxylic acids is 1. The Bertz CT molecular complexity index is 773. The lowest BCUT2D eigenvalue weighted by atomic mass is 10.0.